The molecule has 0 aliphatic carbocycles. The lowest BCUT2D eigenvalue weighted by atomic mass is 10.0. The molecule has 0 radical (unpaired) electrons. The number of carbonyl (C=O) groups excluding carboxylic acids is 3. The maximum atomic E-state index is 12.9. The van der Waals surface area contributed by atoms with Gasteiger partial charge in [-0.3, -0.25) is 14.4 Å². The van der Waals surface area contributed by atoms with Crippen LogP contribution in [0.25, 0.3) is 0 Å². The Morgan fingerprint density at radius 2 is 0.481 bits per heavy atom. The Balaban J connectivity index is 3.97. The third-order valence-corrected chi connectivity index (χ3v) is 16.0. The molecule has 0 aliphatic rings. The fourth-order valence-electron chi connectivity index (χ4n) is 10.7. The molecule has 0 N–H and O–H groups in total. The lowest BCUT2D eigenvalue weighted by Gasteiger charge is -2.18. The van der Waals surface area contributed by atoms with E-state index >= 15 is 0 Å². The standard InChI is InChI=1S/C75H136O6/c1-4-7-10-13-16-18-20-22-24-26-28-30-32-34-35-36-37-38-39-40-42-43-45-47-49-51-53-55-57-59-62-65-68-74(77)80-71-72(70-79-73(76)67-64-61-15-12-9-6-3)81-75(78)69-66-63-60-58-56-54-52-50-48-46-44-41-33-31-29-27-25-23-21-19-17-14-11-8-5-2/h8,11,17,19,23,25,29,31,41,44,72H,4-7,9-10,12-16,18,20-22,24,26-28,30,32-40,42-43,45-71H2,1-3H3/b11-8-,19-17-,25-23-,31-29-,44-41-. The molecule has 6 heteroatoms. The Hall–Kier alpha value is -2.89. The van der Waals surface area contributed by atoms with Crippen molar-refractivity contribution in [3.63, 3.8) is 0 Å². The number of hydrogen-bond donors (Lipinski definition) is 0. The maximum Gasteiger partial charge on any atom is 0.306 e. The van der Waals surface area contributed by atoms with Crippen LogP contribution < -0.4 is 0 Å². The van der Waals surface area contributed by atoms with Crippen molar-refractivity contribution in [2.24, 2.45) is 0 Å². The van der Waals surface area contributed by atoms with Gasteiger partial charge in [-0.2, -0.15) is 0 Å². The fraction of sp³-hybridized carbons (Fsp3) is 0.827. The van der Waals surface area contributed by atoms with Gasteiger partial charge in [0.05, 0.1) is 0 Å². The van der Waals surface area contributed by atoms with Gasteiger partial charge in [-0.15, -0.1) is 0 Å². The van der Waals surface area contributed by atoms with E-state index in [0.717, 1.165) is 96.3 Å². The second-order valence-corrected chi connectivity index (χ2v) is 24.1. The molecule has 0 aromatic heterocycles. The largest absolute Gasteiger partial charge is 0.462 e. The van der Waals surface area contributed by atoms with E-state index in [2.05, 4.69) is 81.5 Å². The summed E-state index contributed by atoms with van der Waals surface area (Å²) in [4.78, 5) is 38.1. The average Bonchev–Trinajstić information content (AvgIpc) is 3.47. The van der Waals surface area contributed by atoms with Crippen molar-refractivity contribution in [2.75, 3.05) is 13.2 Å². The first-order valence-corrected chi connectivity index (χ1v) is 35.8. The van der Waals surface area contributed by atoms with Gasteiger partial charge in [0.15, 0.2) is 6.10 Å². The molecule has 1 atom stereocenters. The minimum absolute atomic E-state index is 0.0726. The number of carbonyl (C=O) groups is 3. The third-order valence-electron chi connectivity index (χ3n) is 16.0. The molecular formula is C75H136O6. The van der Waals surface area contributed by atoms with Gasteiger partial charge < -0.3 is 14.2 Å². The Kier molecular flexibility index (Phi) is 67.1. The Morgan fingerprint density at radius 3 is 0.753 bits per heavy atom. The zero-order valence-electron chi connectivity index (χ0n) is 54.3. The van der Waals surface area contributed by atoms with Crippen LogP contribution in [-0.4, -0.2) is 37.2 Å². The van der Waals surface area contributed by atoms with Gasteiger partial charge >= 0.3 is 17.9 Å². The van der Waals surface area contributed by atoms with Crippen molar-refractivity contribution in [3.05, 3.63) is 60.8 Å². The summed E-state index contributed by atoms with van der Waals surface area (Å²) in [6.07, 6.45) is 90.2. The van der Waals surface area contributed by atoms with Crippen LogP contribution in [0.3, 0.4) is 0 Å². The topological polar surface area (TPSA) is 78.9 Å². The molecule has 0 spiro atoms. The van der Waals surface area contributed by atoms with E-state index in [4.69, 9.17) is 14.2 Å². The number of hydrogen-bond acceptors (Lipinski definition) is 6. The summed E-state index contributed by atoms with van der Waals surface area (Å²) in [5, 5.41) is 0. The van der Waals surface area contributed by atoms with Crippen molar-refractivity contribution in [1.29, 1.82) is 0 Å². The van der Waals surface area contributed by atoms with Crippen molar-refractivity contribution >= 4 is 17.9 Å². The summed E-state index contributed by atoms with van der Waals surface area (Å²) < 4.78 is 16.9. The summed E-state index contributed by atoms with van der Waals surface area (Å²) in [5.41, 5.74) is 0. The maximum absolute atomic E-state index is 12.9. The van der Waals surface area contributed by atoms with Gasteiger partial charge in [0.1, 0.15) is 13.2 Å². The first-order chi connectivity index (χ1) is 40.0. The summed E-state index contributed by atoms with van der Waals surface area (Å²) >= 11 is 0. The van der Waals surface area contributed by atoms with Crippen molar-refractivity contribution in [2.45, 2.75) is 386 Å². The molecule has 0 aromatic rings. The first kappa shape index (κ1) is 78.1. The number of unbranched alkanes of at least 4 members (excludes halogenated alkanes) is 45. The van der Waals surface area contributed by atoms with Gasteiger partial charge in [0.2, 0.25) is 0 Å². The number of allylic oxidation sites excluding steroid dienone is 10. The van der Waals surface area contributed by atoms with Crippen LogP contribution >= 0.6 is 0 Å². The normalized spacial score (nSPS) is 12.4. The molecule has 0 saturated carbocycles. The van der Waals surface area contributed by atoms with E-state index in [0.29, 0.717) is 19.3 Å². The molecule has 6 nitrogen and oxygen atoms in total. The van der Waals surface area contributed by atoms with Crippen molar-refractivity contribution < 1.29 is 28.6 Å². The molecule has 0 fully saturated rings. The molecular weight excluding hydrogens is 997 g/mol. The number of ether oxygens (including phenoxy) is 3. The molecule has 0 rings (SSSR count). The highest BCUT2D eigenvalue weighted by Gasteiger charge is 2.19. The summed E-state index contributed by atoms with van der Waals surface area (Å²) in [7, 11) is 0. The van der Waals surface area contributed by atoms with Gasteiger partial charge in [0, 0.05) is 19.3 Å². The SMILES string of the molecule is CC/C=C\C/C=C\C/C=C\C/C=C\C/C=C\CCCCCCCCCCCC(=O)OC(COC(=O)CCCCCCCC)COC(=O)CCCCCCCCCCCCCCCCCCCCCCCCCCCCCCCCCC. The average molecular weight is 1130 g/mol. The van der Waals surface area contributed by atoms with E-state index in [1.165, 1.54) is 244 Å². The predicted molar refractivity (Wildman–Crippen MR) is 353 cm³/mol. The van der Waals surface area contributed by atoms with Crippen LogP contribution in [0.1, 0.15) is 380 Å². The predicted octanol–water partition coefficient (Wildman–Crippen LogP) is 24.7. The quantitative estimate of drug-likeness (QED) is 0.0261. The summed E-state index contributed by atoms with van der Waals surface area (Å²) in [6.45, 7) is 6.52. The van der Waals surface area contributed by atoms with E-state index in [1.54, 1.807) is 0 Å². The molecule has 81 heavy (non-hydrogen) atoms. The van der Waals surface area contributed by atoms with Crippen molar-refractivity contribution in [3.8, 4) is 0 Å². The zero-order chi connectivity index (χ0) is 58.5. The Bertz CT molecular complexity index is 1440. The Morgan fingerprint density at radius 1 is 0.259 bits per heavy atom. The van der Waals surface area contributed by atoms with Gasteiger partial charge in [-0.1, -0.05) is 358 Å². The monoisotopic (exact) mass is 1130 g/mol. The van der Waals surface area contributed by atoms with E-state index < -0.39 is 6.10 Å². The third kappa shape index (κ3) is 67.8. The summed E-state index contributed by atoms with van der Waals surface area (Å²) in [6, 6.07) is 0. The highest BCUT2D eigenvalue weighted by Crippen LogP contribution is 2.19. The van der Waals surface area contributed by atoms with E-state index in [9.17, 15) is 14.4 Å². The van der Waals surface area contributed by atoms with E-state index in [-0.39, 0.29) is 31.1 Å². The molecule has 0 saturated heterocycles. The van der Waals surface area contributed by atoms with Crippen LogP contribution in [0.2, 0.25) is 0 Å². The fourth-order valence-corrected chi connectivity index (χ4v) is 10.7. The molecule has 0 amide bonds. The smallest absolute Gasteiger partial charge is 0.306 e. The second kappa shape index (κ2) is 69.6. The van der Waals surface area contributed by atoms with Crippen molar-refractivity contribution in [1.82, 2.24) is 0 Å². The molecule has 0 aliphatic heterocycles. The lowest BCUT2D eigenvalue weighted by Crippen LogP contribution is -2.30. The van der Waals surface area contributed by atoms with Gasteiger partial charge in [0.25, 0.3) is 0 Å². The molecule has 0 aromatic carbocycles. The van der Waals surface area contributed by atoms with Crippen LogP contribution in [0.15, 0.2) is 60.8 Å². The summed E-state index contributed by atoms with van der Waals surface area (Å²) in [5.74, 6) is -0.869. The van der Waals surface area contributed by atoms with Crippen LogP contribution in [0, 0.1) is 0 Å². The minimum atomic E-state index is -0.774. The van der Waals surface area contributed by atoms with E-state index in [1.807, 2.05) is 0 Å². The number of rotatable bonds is 66. The molecule has 472 valence electrons. The minimum Gasteiger partial charge on any atom is -0.462 e. The zero-order valence-corrected chi connectivity index (χ0v) is 54.3. The first-order valence-electron chi connectivity index (χ1n) is 35.8. The Labute approximate surface area is 504 Å². The highest BCUT2D eigenvalue weighted by atomic mass is 16.6. The molecule has 1 unspecified atom stereocenters. The molecule has 0 bridgehead atoms. The van der Waals surface area contributed by atoms with Crippen LogP contribution in [0.4, 0.5) is 0 Å². The van der Waals surface area contributed by atoms with Gasteiger partial charge in [-0.25, -0.2) is 0 Å². The van der Waals surface area contributed by atoms with Crippen LogP contribution in [0.5, 0.6) is 0 Å². The van der Waals surface area contributed by atoms with Crippen LogP contribution in [-0.2, 0) is 28.6 Å². The number of esters is 3. The lowest BCUT2D eigenvalue weighted by molar-refractivity contribution is -0.167. The molecule has 0 heterocycles. The second-order valence-electron chi connectivity index (χ2n) is 24.1. The highest BCUT2D eigenvalue weighted by molar-refractivity contribution is 5.71. The van der Waals surface area contributed by atoms with Gasteiger partial charge in [-0.05, 0) is 64.2 Å².